The minimum Gasteiger partial charge on any atom is -0.445 e. The van der Waals surface area contributed by atoms with E-state index >= 15 is 0 Å². The van der Waals surface area contributed by atoms with Crippen molar-refractivity contribution < 1.29 is 23.9 Å². The molecule has 9 heteroatoms. The van der Waals surface area contributed by atoms with Crippen LogP contribution in [0.2, 0.25) is 0 Å². The van der Waals surface area contributed by atoms with E-state index in [0.717, 1.165) is 16.7 Å². The number of amides is 4. The number of carbonyl (C=O) groups excluding carboxylic acids is 4. The quantitative estimate of drug-likeness (QED) is 0.241. The molecule has 0 aliphatic rings. The van der Waals surface area contributed by atoms with Crippen molar-refractivity contribution >= 4 is 23.8 Å². The number of nitrogens with two attached hydrogens (primary N) is 1. The van der Waals surface area contributed by atoms with Crippen molar-refractivity contribution in [1.29, 1.82) is 0 Å². The van der Waals surface area contributed by atoms with Gasteiger partial charge < -0.3 is 26.4 Å². The third-order valence-electron chi connectivity index (χ3n) is 6.39. The van der Waals surface area contributed by atoms with Gasteiger partial charge in [-0.25, -0.2) is 4.79 Å². The number of alkyl carbamates (subject to hydrolysis) is 1. The smallest absolute Gasteiger partial charge is 0.408 e. The van der Waals surface area contributed by atoms with Gasteiger partial charge in [0.2, 0.25) is 17.7 Å². The molecule has 3 aromatic carbocycles. The molecular weight excluding hydrogens is 520 g/mol. The minimum absolute atomic E-state index is 0.0532. The predicted molar refractivity (Wildman–Crippen MR) is 156 cm³/mol. The molecule has 0 unspecified atom stereocenters. The van der Waals surface area contributed by atoms with Gasteiger partial charge in [0.25, 0.3) is 0 Å². The summed E-state index contributed by atoms with van der Waals surface area (Å²) in [6, 6.07) is 24.6. The van der Waals surface area contributed by atoms with Gasteiger partial charge in [-0.2, -0.15) is 0 Å². The number of carbonyl (C=O) groups is 4. The van der Waals surface area contributed by atoms with Crippen molar-refractivity contribution in [1.82, 2.24) is 16.0 Å². The van der Waals surface area contributed by atoms with Crippen molar-refractivity contribution in [2.45, 2.75) is 57.8 Å². The lowest BCUT2D eigenvalue weighted by molar-refractivity contribution is -0.132. The molecule has 5 N–H and O–H groups in total. The highest BCUT2D eigenvalue weighted by atomic mass is 16.5. The Balaban J connectivity index is 1.73. The van der Waals surface area contributed by atoms with Crippen LogP contribution in [0.4, 0.5) is 4.79 Å². The van der Waals surface area contributed by atoms with Crippen molar-refractivity contribution in [2.24, 2.45) is 11.7 Å². The molecule has 4 amide bonds. The zero-order chi connectivity index (χ0) is 29.6. The van der Waals surface area contributed by atoms with E-state index in [1.807, 2.05) is 105 Å². The standard InChI is InChI=1S/C32H38N4O5/c1-22(2)18-27(36-32(40)41-21-25-16-10-5-11-17-25)30(38)35-28(20-24-14-8-4-9-15-24)31(39)34-26(29(33)37)19-23-12-6-3-7-13-23/h3-17,22,26-28H,18-21H2,1-2H3,(H2,33,37)(H,34,39)(H,35,38)(H,36,40)/t26-,27-,28-/m0/s1. The fourth-order valence-corrected chi connectivity index (χ4v) is 4.29. The number of rotatable bonds is 14. The number of primary amides is 1. The molecule has 0 bridgehead atoms. The molecule has 0 spiro atoms. The summed E-state index contributed by atoms with van der Waals surface area (Å²) < 4.78 is 5.31. The Hall–Kier alpha value is -4.66. The molecule has 9 nitrogen and oxygen atoms in total. The second-order valence-electron chi connectivity index (χ2n) is 10.3. The minimum atomic E-state index is -1.03. The van der Waals surface area contributed by atoms with Crippen LogP contribution in [0.25, 0.3) is 0 Å². The number of nitrogens with one attached hydrogen (secondary N) is 3. The normalized spacial score (nSPS) is 13.0. The van der Waals surface area contributed by atoms with E-state index in [4.69, 9.17) is 10.5 Å². The Kier molecular flexibility index (Phi) is 11.9. The topological polar surface area (TPSA) is 140 Å². The maximum atomic E-state index is 13.5. The molecule has 0 aliphatic carbocycles. The van der Waals surface area contributed by atoms with Crippen molar-refractivity contribution in [2.75, 3.05) is 0 Å². The van der Waals surface area contributed by atoms with E-state index in [9.17, 15) is 19.2 Å². The van der Waals surface area contributed by atoms with Crippen LogP contribution in [0.5, 0.6) is 0 Å². The Labute approximate surface area is 240 Å². The molecule has 0 heterocycles. The molecule has 41 heavy (non-hydrogen) atoms. The van der Waals surface area contributed by atoms with Crippen molar-refractivity contribution in [3.8, 4) is 0 Å². The van der Waals surface area contributed by atoms with Crippen molar-refractivity contribution in [3.63, 3.8) is 0 Å². The average molecular weight is 559 g/mol. The molecule has 216 valence electrons. The van der Waals surface area contributed by atoms with E-state index in [0.29, 0.717) is 6.42 Å². The van der Waals surface area contributed by atoms with E-state index in [1.165, 1.54) is 0 Å². The Morgan fingerprint density at radius 3 is 1.56 bits per heavy atom. The van der Waals surface area contributed by atoms with E-state index in [1.54, 1.807) is 0 Å². The summed E-state index contributed by atoms with van der Waals surface area (Å²) in [5.41, 5.74) is 8.06. The van der Waals surface area contributed by atoms with Gasteiger partial charge >= 0.3 is 6.09 Å². The summed E-state index contributed by atoms with van der Waals surface area (Å²) in [5.74, 6) is -1.72. The molecular formula is C32H38N4O5. The first-order chi connectivity index (χ1) is 19.7. The van der Waals surface area contributed by atoms with Crippen LogP contribution in [-0.2, 0) is 38.6 Å². The van der Waals surface area contributed by atoms with Gasteiger partial charge in [0.05, 0.1) is 0 Å². The molecule has 0 aromatic heterocycles. The first-order valence-electron chi connectivity index (χ1n) is 13.7. The fourth-order valence-electron chi connectivity index (χ4n) is 4.29. The summed E-state index contributed by atoms with van der Waals surface area (Å²) in [4.78, 5) is 51.7. The molecule has 3 aromatic rings. The van der Waals surface area contributed by atoms with Gasteiger partial charge in [0, 0.05) is 12.8 Å². The molecule has 0 aliphatic heterocycles. The highest BCUT2D eigenvalue weighted by Crippen LogP contribution is 2.10. The SMILES string of the molecule is CC(C)C[C@H](NC(=O)OCc1ccccc1)C(=O)N[C@@H](Cc1ccccc1)C(=O)N[C@@H](Cc1ccccc1)C(N)=O. The van der Waals surface area contributed by atoms with Gasteiger partial charge in [0.1, 0.15) is 24.7 Å². The molecule has 0 fully saturated rings. The van der Waals surface area contributed by atoms with Crippen LogP contribution < -0.4 is 21.7 Å². The largest absolute Gasteiger partial charge is 0.445 e. The van der Waals surface area contributed by atoms with Crippen molar-refractivity contribution in [3.05, 3.63) is 108 Å². The fraction of sp³-hybridized carbons (Fsp3) is 0.312. The van der Waals surface area contributed by atoms with Crippen LogP contribution in [0.3, 0.4) is 0 Å². The predicted octanol–water partition coefficient (Wildman–Crippen LogP) is 3.27. The zero-order valence-corrected chi connectivity index (χ0v) is 23.4. The molecule has 3 atom stereocenters. The number of hydrogen-bond donors (Lipinski definition) is 4. The van der Waals surface area contributed by atoms with Crippen LogP contribution >= 0.6 is 0 Å². The van der Waals surface area contributed by atoms with Crippen LogP contribution in [-0.4, -0.2) is 41.9 Å². The molecule has 0 saturated heterocycles. The molecule has 0 radical (unpaired) electrons. The van der Waals surface area contributed by atoms with Gasteiger partial charge in [-0.3, -0.25) is 14.4 Å². The Morgan fingerprint density at radius 2 is 1.07 bits per heavy atom. The third kappa shape index (κ3) is 10.8. The monoisotopic (exact) mass is 558 g/mol. The van der Waals surface area contributed by atoms with Gasteiger partial charge in [-0.1, -0.05) is 105 Å². The summed E-state index contributed by atoms with van der Waals surface area (Å²) in [6.07, 6.45) is -0.0413. The average Bonchev–Trinajstić information content (AvgIpc) is 2.96. The van der Waals surface area contributed by atoms with Crippen LogP contribution in [0.15, 0.2) is 91.0 Å². The lowest BCUT2D eigenvalue weighted by Crippen LogP contribution is -2.57. The zero-order valence-electron chi connectivity index (χ0n) is 23.4. The summed E-state index contributed by atoms with van der Waals surface area (Å²) in [5, 5.41) is 8.13. The van der Waals surface area contributed by atoms with Crippen LogP contribution in [0.1, 0.15) is 37.0 Å². The highest BCUT2D eigenvalue weighted by Gasteiger charge is 2.30. The van der Waals surface area contributed by atoms with Gasteiger partial charge in [-0.15, -0.1) is 0 Å². The lowest BCUT2D eigenvalue weighted by atomic mass is 10.0. The van der Waals surface area contributed by atoms with E-state index < -0.39 is 41.9 Å². The van der Waals surface area contributed by atoms with Crippen LogP contribution in [0, 0.1) is 5.92 Å². The first kappa shape index (κ1) is 30.9. The third-order valence-corrected chi connectivity index (χ3v) is 6.39. The number of benzene rings is 3. The number of hydrogen-bond acceptors (Lipinski definition) is 5. The Morgan fingerprint density at radius 1 is 0.634 bits per heavy atom. The maximum absolute atomic E-state index is 13.5. The second kappa shape index (κ2) is 15.8. The van der Waals surface area contributed by atoms with Gasteiger partial charge in [-0.05, 0) is 29.0 Å². The second-order valence-corrected chi connectivity index (χ2v) is 10.3. The van der Waals surface area contributed by atoms with E-state index in [-0.39, 0.29) is 25.4 Å². The Bertz CT molecular complexity index is 1270. The summed E-state index contributed by atoms with van der Waals surface area (Å²) >= 11 is 0. The summed E-state index contributed by atoms with van der Waals surface area (Å²) in [7, 11) is 0. The van der Waals surface area contributed by atoms with E-state index in [2.05, 4.69) is 16.0 Å². The summed E-state index contributed by atoms with van der Waals surface area (Å²) in [6.45, 7) is 3.90. The highest BCUT2D eigenvalue weighted by molar-refractivity contribution is 5.93. The lowest BCUT2D eigenvalue weighted by Gasteiger charge is -2.25. The molecule has 3 rings (SSSR count). The maximum Gasteiger partial charge on any atom is 0.408 e. The van der Waals surface area contributed by atoms with Gasteiger partial charge in [0.15, 0.2) is 0 Å². The molecule has 0 saturated carbocycles. The number of ether oxygens (including phenoxy) is 1. The first-order valence-corrected chi connectivity index (χ1v) is 13.7.